The maximum atomic E-state index is 12.7. The minimum atomic E-state index is -4.57. The number of rotatable bonds is 4. The van der Waals surface area contributed by atoms with Gasteiger partial charge in [-0.3, -0.25) is 4.90 Å². The third-order valence-electron chi connectivity index (χ3n) is 5.87. The van der Waals surface area contributed by atoms with Crippen molar-refractivity contribution < 1.29 is 17.9 Å². The molecule has 10 heteroatoms. The Kier molecular flexibility index (Phi) is 5.80. The van der Waals surface area contributed by atoms with Crippen molar-refractivity contribution in [2.45, 2.75) is 70.3 Å². The van der Waals surface area contributed by atoms with Crippen molar-refractivity contribution in [3.05, 3.63) is 24.0 Å². The third-order valence-corrected chi connectivity index (χ3v) is 5.87. The first-order valence-corrected chi connectivity index (χ1v) is 10.4. The number of hydrogen-bond donors (Lipinski definition) is 0. The maximum Gasteiger partial charge on any atom is 0.451 e. The van der Waals surface area contributed by atoms with Crippen molar-refractivity contribution in [3.63, 3.8) is 0 Å². The molecule has 7 nitrogen and oxygen atoms in total. The summed E-state index contributed by atoms with van der Waals surface area (Å²) in [5, 5.41) is 4.58. The Bertz CT molecular complexity index is 866. The number of ether oxygens (including phenoxy) is 1. The lowest BCUT2D eigenvalue weighted by Crippen LogP contribution is -2.45. The Labute approximate surface area is 173 Å². The van der Waals surface area contributed by atoms with Crippen LogP contribution in [-0.4, -0.2) is 61.5 Å². The molecule has 0 spiro atoms. The summed E-state index contributed by atoms with van der Waals surface area (Å²) in [6.45, 7) is 8.83. The van der Waals surface area contributed by atoms with Crippen LogP contribution in [-0.2, 0) is 10.9 Å². The number of alkyl halides is 3. The molecule has 1 saturated heterocycles. The number of nitrogens with zero attached hydrogens (tertiary/aromatic N) is 6. The molecule has 2 aliphatic rings. The van der Waals surface area contributed by atoms with E-state index in [0.29, 0.717) is 17.4 Å². The zero-order valence-corrected chi connectivity index (χ0v) is 17.4. The van der Waals surface area contributed by atoms with Gasteiger partial charge in [0.15, 0.2) is 5.82 Å². The summed E-state index contributed by atoms with van der Waals surface area (Å²) in [7, 11) is 0. The number of aromatic nitrogens is 5. The lowest BCUT2D eigenvalue weighted by molar-refractivity contribution is -0.144. The van der Waals surface area contributed by atoms with Crippen molar-refractivity contribution in [1.29, 1.82) is 0 Å². The monoisotopic (exact) mass is 424 g/mol. The van der Waals surface area contributed by atoms with Crippen LogP contribution in [0.25, 0.3) is 11.4 Å². The predicted octanol–water partition coefficient (Wildman–Crippen LogP) is 3.69. The highest BCUT2D eigenvalue weighted by atomic mass is 19.4. The topological polar surface area (TPSA) is 69.0 Å². The Hall–Kier alpha value is -2.07. The van der Waals surface area contributed by atoms with E-state index in [4.69, 9.17) is 9.72 Å². The Morgan fingerprint density at radius 2 is 1.90 bits per heavy atom. The molecule has 1 aliphatic heterocycles. The van der Waals surface area contributed by atoms with E-state index in [1.165, 1.54) is 0 Å². The second-order valence-electron chi connectivity index (χ2n) is 8.47. The summed E-state index contributed by atoms with van der Waals surface area (Å²) in [4.78, 5) is 14.1. The molecular formula is C20H27F3N6O. The number of morpholine rings is 1. The minimum absolute atomic E-state index is 0.0964. The van der Waals surface area contributed by atoms with Gasteiger partial charge in [-0.25, -0.2) is 19.6 Å². The summed E-state index contributed by atoms with van der Waals surface area (Å²) in [6, 6.07) is 0.593. The molecule has 2 aromatic heterocycles. The van der Waals surface area contributed by atoms with Crippen LogP contribution in [0.5, 0.6) is 0 Å². The van der Waals surface area contributed by atoms with Gasteiger partial charge in [0.2, 0.25) is 5.82 Å². The molecular weight excluding hydrogens is 397 g/mol. The van der Waals surface area contributed by atoms with Crippen LogP contribution in [0.15, 0.2) is 12.4 Å². The van der Waals surface area contributed by atoms with Gasteiger partial charge in [0.05, 0.1) is 18.3 Å². The van der Waals surface area contributed by atoms with Gasteiger partial charge in [-0.15, -0.1) is 0 Å². The quantitative estimate of drug-likeness (QED) is 0.746. The van der Waals surface area contributed by atoms with Crippen LogP contribution < -0.4 is 0 Å². The van der Waals surface area contributed by atoms with Crippen molar-refractivity contribution in [1.82, 2.24) is 29.6 Å². The van der Waals surface area contributed by atoms with Gasteiger partial charge in [-0.1, -0.05) is 0 Å². The molecule has 2 fully saturated rings. The summed E-state index contributed by atoms with van der Waals surface area (Å²) in [5.41, 5.74) is 0.389. The molecule has 0 N–H and O–H groups in total. The molecule has 164 valence electrons. The average Bonchev–Trinajstić information content (AvgIpc) is 3.35. The molecule has 4 rings (SSSR count). The van der Waals surface area contributed by atoms with Gasteiger partial charge in [0.25, 0.3) is 0 Å². The maximum absolute atomic E-state index is 12.7. The molecule has 0 bridgehead atoms. The molecule has 0 aromatic carbocycles. The van der Waals surface area contributed by atoms with Gasteiger partial charge < -0.3 is 4.74 Å². The van der Waals surface area contributed by atoms with E-state index in [-0.39, 0.29) is 18.1 Å². The highest BCUT2D eigenvalue weighted by Crippen LogP contribution is 2.38. The molecule has 0 radical (unpaired) electrons. The standard InChI is InChI=1S/C20H27F3N6O/c1-12(2)29-18(14-4-5-16(8-14)28-6-7-30-13(3)11-28)26-17(27-29)15-9-24-19(25-10-15)20(21,22)23/h9-10,12-14,16H,4-8,11H2,1-3H3/t13-,14-,16+/m1/s1. The van der Waals surface area contributed by atoms with Crippen LogP contribution in [0.2, 0.25) is 0 Å². The van der Waals surface area contributed by atoms with E-state index in [1.54, 1.807) is 0 Å². The number of hydrogen-bond acceptors (Lipinski definition) is 6. The van der Waals surface area contributed by atoms with Crippen LogP contribution >= 0.6 is 0 Å². The van der Waals surface area contributed by atoms with Crippen LogP contribution in [0, 0.1) is 0 Å². The summed E-state index contributed by atoms with van der Waals surface area (Å²) in [6.07, 6.45) is 1.10. The van der Waals surface area contributed by atoms with E-state index in [9.17, 15) is 13.2 Å². The Morgan fingerprint density at radius 1 is 1.17 bits per heavy atom. The summed E-state index contributed by atoms with van der Waals surface area (Å²) in [5.74, 6) is 0.375. The molecule has 1 aliphatic carbocycles. The first-order valence-electron chi connectivity index (χ1n) is 10.4. The van der Waals surface area contributed by atoms with E-state index >= 15 is 0 Å². The minimum Gasteiger partial charge on any atom is -0.376 e. The Morgan fingerprint density at radius 3 is 2.53 bits per heavy atom. The first-order chi connectivity index (χ1) is 14.2. The fourth-order valence-corrected chi connectivity index (χ4v) is 4.41. The summed E-state index contributed by atoms with van der Waals surface area (Å²) < 4.78 is 45.8. The third kappa shape index (κ3) is 4.34. The van der Waals surface area contributed by atoms with Crippen molar-refractivity contribution in [3.8, 4) is 11.4 Å². The molecule has 0 unspecified atom stereocenters. The first kappa shape index (κ1) is 21.2. The normalized spacial score (nSPS) is 25.9. The van der Waals surface area contributed by atoms with Crippen LogP contribution in [0.1, 0.15) is 63.6 Å². The fraction of sp³-hybridized carbons (Fsp3) is 0.700. The smallest absolute Gasteiger partial charge is 0.376 e. The van der Waals surface area contributed by atoms with Crippen molar-refractivity contribution in [2.75, 3.05) is 19.7 Å². The van der Waals surface area contributed by atoms with E-state index in [1.807, 2.05) is 18.5 Å². The molecule has 3 heterocycles. The lowest BCUT2D eigenvalue weighted by Gasteiger charge is -2.35. The van der Waals surface area contributed by atoms with Gasteiger partial charge >= 0.3 is 6.18 Å². The van der Waals surface area contributed by atoms with Gasteiger partial charge in [-0.2, -0.15) is 18.3 Å². The van der Waals surface area contributed by atoms with Gasteiger partial charge in [0.1, 0.15) is 5.82 Å². The largest absolute Gasteiger partial charge is 0.451 e. The van der Waals surface area contributed by atoms with E-state index in [0.717, 1.165) is 57.2 Å². The van der Waals surface area contributed by atoms with Gasteiger partial charge in [-0.05, 0) is 40.0 Å². The number of halogens is 3. The Balaban J connectivity index is 1.55. The van der Waals surface area contributed by atoms with Crippen molar-refractivity contribution >= 4 is 0 Å². The van der Waals surface area contributed by atoms with Crippen molar-refractivity contribution in [2.24, 2.45) is 0 Å². The molecule has 3 atom stereocenters. The van der Waals surface area contributed by atoms with Gasteiger partial charge in [0, 0.05) is 43.5 Å². The van der Waals surface area contributed by atoms with Crippen LogP contribution in [0.4, 0.5) is 13.2 Å². The fourth-order valence-electron chi connectivity index (χ4n) is 4.41. The highest BCUT2D eigenvalue weighted by molar-refractivity contribution is 5.51. The zero-order valence-electron chi connectivity index (χ0n) is 17.4. The second-order valence-corrected chi connectivity index (χ2v) is 8.47. The molecule has 1 saturated carbocycles. The lowest BCUT2D eigenvalue weighted by atomic mass is 10.1. The average molecular weight is 424 g/mol. The molecule has 0 amide bonds. The SMILES string of the molecule is CC(C)n1nc(-c2cnc(C(F)(F)F)nc2)nc1[C@@H]1CC[C@H](N2CCO[C@H](C)C2)C1. The summed E-state index contributed by atoms with van der Waals surface area (Å²) >= 11 is 0. The molecule has 2 aromatic rings. The molecule has 30 heavy (non-hydrogen) atoms. The van der Waals surface area contributed by atoms with E-state index < -0.39 is 12.0 Å². The van der Waals surface area contributed by atoms with E-state index in [2.05, 4.69) is 26.9 Å². The van der Waals surface area contributed by atoms with Crippen LogP contribution in [0.3, 0.4) is 0 Å². The zero-order chi connectivity index (χ0) is 21.5. The highest BCUT2D eigenvalue weighted by Gasteiger charge is 2.36. The second kappa shape index (κ2) is 8.22. The predicted molar refractivity (Wildman–Crippen MR) is 104 cm³/mol.